The van der Waals surface area contributed by atoms with Crippen LogP contribution < -0.4 is 10.3 Å². The number of nitrogens with zero attached hydrogens (tertiary/aromatic N) is 6. The topological polar surface area (TPSA) is 106 Å². The number of aryl methyl sites for hydroxylation is 2. The standard InChI is InChI=1S/C30H29ClN6O3/c1-5-40-28-13-27(34-15-21(28)14-32)18(2)37-8-6-22-23(25-17-35(4)29(38)12-26(25)31)10-20(11-24(22)30(37)39)16-36-9-7-33-19(36)3/h7,9-13,15,17-18H,5-6,8,16H2,1-4H3. The lowest BCUT2D eigenvalue weighted by molar-refractivity contribution is 0.0669. The van der Waals surface area contributed by atoms with Gasteiger partial charge in [0.15, 0.2) is 0 Å². The van der Waals surface area contributed by atoms with Crippen molar-refractivity contribution in [2.45, 2.75) is 39.8 Å². The van der Waals surface area contributed by atoms with Crippen LogP contribution in [-0.2, 0) is 20.0 Å². The fourth-order valence-corrected chi connectivity index (χ4v) is 5.40. The Labute approximate surface area is 237 Å². The van der Waals surface area contributed by atoms with E-state index in [2.05, 4.69) is 16.0 Å². The highest BCUT2D eigenvalue weighted by atomic mass is 35.5. The number of benzene rings is 1. The molecule has 1 aliphatic heterocycles. The quantitative estimate of drug-likeness (QED) is 0.327. The van der Waals surface area contributed by atoms with Gasteiger partial charge in [-0.15, -0.1) is 0 Å². The number of amides is 1. The smallest absolute Gasteiger partial charge is 0.254 e. The molecule has 0 N–H and O–H groups in total. The Bertz CT molecular complexity index is 1720. The summed E-state index contributed by atoms with van der Waals surface area (Å²) in [5.41, 5.74) is 4.73. The first-order chi connectivity index (χ1) is 19.2. The molecule has 9 nitrogen and oxygen atoms in total. The van der Waals surface area contributed by atoms with Crippen LogP contribution in [0.3, 0.4) is 0 Å². The lowest BCUT2D eigenvalue weighted by Crippen LogP contribution is -2.40. The van der Waals surface area contributed by atoms with Gasteiger partial charge in [-0.05, 0) is 56.0 Å². The summed E-state index contributed by atoms with van der Waals surface area (Å²) in [6, 6.07) is 8.88. The molecule has 5 rings (SSSR count). The molecule has 3 aromatic heterocycles. The average Bonchev–Trinajstić information content (AvgIpc) is 3.34. The number of fused-ring (bicyclic) bond motifs is 1. The van der Waals surface area contributed by atoms with Gasteiger partial charge in [-0.25, -0.2) is 4.98 Å². The largest absolute Gasteiger partial charge is 0.492 e. The number of imidazole rings is 1. The number of rotatable bonds is 7. The maximum absolute atomic E-state index is 14.1. The van der Waals surface area contributed by atoms with Gasteiger partial charge in [-0.1, -0.05) is 11.6 Å². The highest BCUT2D eigenvalue weighted by molar-refractivity contribution is 6.33. The van der Waals surface area contributed by atoms with Crippen molar-refractivity contribution in [1.82, 2.24) is 24.0 Å². The molecule has 0 radical (unpaired) electrons. The minimum atomic E-state index is -0.350. The van der Waals surface area contributed by atoms with Gasteiger partial charge in [-0.3, -0.25) is 14.6 Å². The van der Waals surface area contributed by atoms with Crippen LogP contribution in [0.4, 0.5) is 0 Å². The predicted octanol–water partition coefficient (Wildman–Crippen LogP) is 4.68. The number of ether oxygens (including phenoxy) is 1. The third-order valence-corrected chi connectivity index (χ3v) is 7.66. The average molecular weight is 557 g/mol. The lowest BCUT2D eigenvalue weighted by Gasteiger charge is -2.35. The molecular weight excluding hydrogens is 528 g/mol. The van der Waals surface area contributed by atoms with E-state index in [0.29, 0.717) is 59.3 Å². The number of nitriles is 1. The van der Waals surface area contributed by atoms with E-state index in [1.807, 2.05) is 43.7 Å². The minimum absolute atomic E-state index is 0.121. The molecule has 0 bridgehead atoms. The zero-order valence-corrected chi connectivity index (χ0v) is 23.6. The zero-order valence-electron chi connectivity index (χ0n) is 22.8. The van der Waals surface area contributed by atoms with Gasteiger partial charge in [0.25, 0.3) is 11.5 Å². The number of carbonyl (C=O) groups is 1. The molecule has 40 heavy (non-hydrogen) atoms. The predicted molar refractivity (Wildman–Crippen MR) is 151 cm³/mol. The Balaban J connectivity index is 1.59. The normalized spacial score (nSPS) is 13.6. The lowest BCUT2D eigenvalue weighted by atomic mass is 9.88. The van der Waals surface area contributed by atoms with Crippen LogP contribution in [0.15, 0.2) is 53.8 Å². The first kappa shape index (κ1) is 27.2. The summed E-state index contributed by atoms with van der Waals surface area (Å²) in [6.07, 6.45) is 7.45. The molecule has 0 aliphatic carbocycles. The summed E-state index contributed by atoms with van der Waals surface area (Å²) >= 11 is 6.59. The third-order valence-electron chi connectivity index (χ3n) is 7.35. The Morgan fingerprint density at radius 1 is 1.15 bits per heavy atom. The monoisotopic (exact) mass is 556 g/mol. The van der Waals surface area contributed by atoms with Gasteiger partial charge in [0.2, 0.25) is 0 Å². The number of pyridine rings is 2. The zero-order chi connectivity index (χ0) is 28.6. The fraction of sp³-hybridized carbons (Fsp3) is 0.300. The van der Waals surface area contributed by atoms with E-state index in [1.165, 1.54) is 16.8 Å². The van der Waals surface area contributed by atoms with E-state index in [4.69, 9.17) is 16.3 Å². The van der Waals surface area contributed by atoms with Crippen molar-refractivity contribution in [3.8, 4) is 22.9 Å². The summed E-state index contributed by atoms with van der Waals surface area (Å²) < 4.78 is 9.15. The summed E-state index contributed by atoms with van der Waals surface area (Å²) in [5.74, 6) is 1.19. The first-order valence-corrected chi connectivity index (χ1v) is 13.4. The van der Waals surface area contributed by atoms with Crippen LogP contribution in [-0.4, -0.2) is 43.1 Å². The Kier molecular flexibility index (Phi) is 7.46. The number of carbonyl (C=O) groups excluding carboxylic acids is 1. The maximum Gasteiger partial charge on any atom is 0.254 e. The maximum atomic E-state index is 14.1. The van der Waals surface area contributed by atoms with Crippen molar-refractivity contribution < 1.29 is 9.53 Å². The molecule has 4 aromatic rings. The SMILES string of the molecule is CCOc1cc(C(C)N2CCc3c(cc(Cn4ccnc4C)cc3-c3cn(C)c(=O)cc3Cl)C2=O)ncc1C#N. The molecule has 0 saturated carbocycles. The minimum Gasteiger partial charge on any atom is -0.492 e. The molecule has 0 fully saturated rings. The molecule has 204 valence electrons. The molecule has 0 spiro atoms. The van der Waals surface area contributed by atoms with Crippen molar-refractivity contribution in [3.05, 3.63) is 98.2 Å². The Hall–Kier alpha value is -4.42. The second-order valence-electron chi connectivity index (χ2n) is 9.83. The van der Waals surface area contributed by atoms with Crippen molar-refractivity contribution in [3.63, 3.8) is 0 Å². The molecule has 1 unspecified atom stereocenters. The Morgan fingerprint density at radius 3 is 2.62 bits per heavy atom. The number of halogens is 1. The summed E-state index contributed by atoms with van der Waals surface area (Å²) in [5, 5.41) is 9.76. The van der Waals surface area contributed by atoms with Gasteiger partial charge in [0.05, 0.1) is 23.4 Å². The van der Waals surface area contributed by atoms with E-state index < -0.39 is 0 Å². The van der Waals surface area contributed by atoms with Crippen molar-refractivity contribution >= 4 is 17.5 Å². The van der Waals surface area contributed by atoms with Gasteiger partial charge < -0.3 is 18.8 Å². The molecule has 0 saturated heterocycles. The van der Waals surface area contributed by atoms with Crippen LogP contribution >= 0.6 is 11.6 Å². The van der Waals surface area contributed by atoms with Crippen LogP contribution in [0.25, 0.3) is 11.1 Å². The van der Waals surface area contributed by atoms with Gasteiger partial charge >= 0.3 is 0 Å². The molecule has 10 heteroatoms. The highest BCUT2D eigenvalue weighted by Gasteiger charge is 2.32. The first-order valence-electron chi connectivity index (χ1n) is 13.1. The van der Waals surface area contributed by atoms with E-state index >= 15 is 0 Å². The van der Waals surface area contributed by atoms with Gasteiger partial charge in [-0.2, -0.15) is 5.26 Å². The molecule has 1 aromatic carbocycles. The Morgan fingerprint density at radius 2 is 1.93 bits per heavy atom. The summed E-state index contributed by atoms with van der Waals surface area (Å²) in [6.45, 7) is 7.11. The van der Waals surface area contributed by atoms with Crippen LogP contribution in [0.2, 0.25) is 5.02 Å². The number of hydrogen-bond donors (Lipinski definition) is 0. The van der Waals surface area contributed by atoms with Crippen LogP contribution in [0, 0.1) is 18.3 Å². The van der Waals surface area contributed by atoms with Crippen LogP contribution in [0.1, 0.15) is 58.5 Å². The molecule has 1 amide bonds. The summed E-state index contributed by atoms with van der Waals surface area (Å²) in [4.78, 5) is 36.9. The van der Waals surface area contributed by atoms with E-state index in [0.717, 1.165) is 22.5 Å². The molecular formula is C30H29ClN6O3. The summed E-state index contributed by atoms with van der Waals surface area (Å²) in [7, 11) is 1.68. The third kappa shape index (κ3) is 4.98. The number of hydrogen-bond acceptors (Lipinski definition) is 6. The fourth-order valence-electron chi connectivity index (χ4n) is 5.15. The van der Waals surface area contributed by atoms with E-state index in [9.17, 15) is 14.9 Å². The molecule has 4 heterocycles. The van der Waals surface area contributed by atoms with Gasteiger partial charge in [0.1, 0.15) is 23.2 Å². The number of aromatic nitrogens is 4. The molecule has 1 aliphatic rings. The van der Waals surface area contributed by atoms with Crippen molar-refractivity contribution in [2.75, 3.05) is 13.2 Å². The second kappa shape index (κ2) is 11.0. The molecule has 1 atom stereocenters. The van der Waals surface area contributed by atoms with Crippen molar-refractivity contribution in [2.24, 2.45) is 7.05 Å². The second-order valence-corrected chi connectivity index (χ2v) is 10.2. The highest BCUT2D eigenvalue weighted by Crippen LogP contribution is 2.37. The van der Waals surface area contributed by atoms with Crippen LogP contribution in [0.5, 0.6) is 5.75 Å². The van der Waals surface area contributed by atoms with E-state index in [-0.39, 0.29) is 17.5 Å². The van der Waals surface area contributed by atoms with E-state index in [1.54, 1.807) is 30.4 Å². The van der Waals surface area contributed by atoms with Crippen molar-refractivity contribution in [1.29, 1.82) is 5.26 Å². The van der Waals surface area contributed by atoms with Gasteiger partial charge in [0, 0.05) is 68.2 Å².